The summed E-state index contributed by atoms with van der Waals surface area (Å²) < 4.78 is 7.32. The van der Waals surface area contributed by atoms with Crippen molar-refractivity contribution in [3.63, 3.8) is 0 Å². The second-order valence-corrected chi connectivity index (χ2v) is 8.11. The minimum absolute atomic E-state index is 0.269. The van der Waals surface area contributed by atoms with Gasteiger partial charge in [0, 0.05) is 27.4 Å². The predicted molar refractivity (Wildman–Crippen MR) is 120 cm³/mol. The minimum atomic E-state index is -0.313. The van der Waals surface area contributed by atoms with Crippen molar-refractivity contribution in [3.8, 4) is 5.00 Å². The van der Waals surface area contributed by atoms with Gasteiger partial charge in [0.15, 0.2) is 0 Å². The van der Waals surface area contributed by atoms with Crippen LogP contribution in [0.5, 0.6) is 0 Å². The summed E-state index contributed by atoms with van der Waals surface area (Å²) >= 11 is 1.56. The van der Waals surface area contributed by atoms with Gasteiger partial charge in [-0.2, -0.15) is 5.10 Å². The maximum Gasteiger partial charge on any atom is 0.341 e. The number of hydrazone groups is 1. The second-order valence-electron chi connectivity index (χ2n) is 6.91. The number of carbonyl (C=O) groups excluding carboxylic acids is 2. The molecule has 0 aliphatic carbocycles. The third-order valence-corrected chi connectivity index (χ3v) is 6.12. The normalized spacial score (nSPS) is 11.1. The topological polar surface area (TPSA) is 72.7 Å². The fraction of sp³-hybridized carbons (Fsp3) is 0.261. The van der Waals surface area contributed by atoms with Crippen LogP contribution in [0, 0.1) is 27.7 Å². The molecule has 0 fully saturated rings. The lowest BCUT2D eigenvalue weighted by Gasteiger charge is -2.10. The van der Waals surface area contributed by atoms with E-state index < -0.39 is 0 Å². The molecule has 1 aromatic carbocycles. The van der Waals surface area contributed by atoms with E-state index in [-0.39, 0.29) is 11.9 Å². The van der Waals surface area contributed by atoms with Crippen LogP contribution in [-0.4, -0.2) is 29.3 Å². The number of ether oxygens (including phenoxy) is 1. The first-order valence-electron chi connectivity index (χ1n) is 9.70. The van der Waals surface area contributed by atoms with Gasteiger partial charge in [-0.1, -0.05) is 18.2 Å². The maximum atomic E-state index is 12.6. The van der Waals surface area contributed by atoms with Gasteiger partial charge in [0.25, 0.3) is 5.91 Å². The molecule has 2 heterocycles. The summed E-state index contributed by atoms with van der Waals surface area (Å²) in [6, 6.07) is 10.9. The van der Waals surface area contributed by atoms with Crippen LogP contribution in [0.2, 0.25) is 0 Å². The molecular weight excluding hydrogens is 398 g/mol. The molecule has 1 amide bonds. The first-order chi connectivity index (χ1) is 14.3. The summed E-state index contributed by atoms with van der Waals surface area (Å²) in [5, 5.41) is 4.95. The lowest BCUT2D eigenvalue weighted by Crippen LogP contribution is -2.17. The van der Waals surface area contributed by atoms with Crippen LogP contribution in [0.25, 0.3) is 5.00 Å². The van der Waals surface area contributed by atoms with Crippen LogP contribution in [-0.2, 0) is 4.74 Å². The molecule has 6 nitrogen and oxygen atoms in total. The third kappa shape index (κ3) is 4.21. The first kappa shape index (κ1) is 21.5. The number of aromatic nitrogens is 1. The summed E-state index contributed by atoms with van der Waals surface area (Å²) in [7, 11) is 0. The maximum absolute atomic E-state index is 12.6. The zero-order valence-electron chi connectivity index (χ0n) is 17.8. The van der Waals surface area contributed by atoms with E-state index in [1.165, 1.54) is 0 Å². The van der Waals surface area contributed by atoms with Crippen molar-refractivity contribution >= 4 is 29.4 Å². The van der Waals surface area contributed by atoms with E-state index in [0.29, 0.717) is 17.7 Å². The third-order valence-electron chi connectivity index (χ3n) is 4.93. The average Bonchev–Trinajstić information content (AvgIpc) is 3.17. The van der Waals surface area contributed by atoms with E-state index in [4.69, 9.17) is 4.74 Å². The number of nitrogens with zero attached hydrogens (tertiary/aromatic N) is 2. The highest BCUT2D eigenvalue weighted by molar-refractivity contribution is 7.15. The van der Waals surface area contributed by atoms with E-state index in [0.717, 1.165) is 32.4 Å². The van der Waals surface area contributed by atoms with Crippen LogP contribution in [0.4, 0.5) is 0 Å². The van der Waals surface area contributed by atoms with Crippen LogP contribution in [0.1, 0.15) is 55.0 Å². The van der Waals surface area contributed by atoms with Crippen molar-refractivity contribution in [1.82, 2.24) is 9.99 Å². The number of thiophene rings is 1. The molecule has 156 valence electrons. The standard InChI is InChI=1S/C23H25N3O3S/c1-6-29-23(28)20-15(3)17(5)30-22(20)26-14(2)12-19(16(26)4)13-24-25-21(27)18-10-8-7-9-11-18/h7-13H,6H2,1-5H3,(H,25,27)/b24-13+. The molecule has 3 aromatic rings. The highest BCUT2D eigenvalue weighted by Crippen LogP contribution is 2.34. The molecule has 1 N–H and O–H groups in total. The molecule has 0 spiro atoms. The number of benzene rings is 1. The van der Waals surface area contributed by atoms with Crippen molar-refractivity contribution in [3.05, 3.63) is 74.9 Å². The minimum Gasteiger partial charge on any atom is -0.462 e. The van der Waals surface area contributed by atoms with Gasteiger partial charge in [0.2, 0.25) is 0 Å². The quantitative estimate of drug-likeness (QED) is 0.354. The largest absolute Gasteiger partial charge is 0.462 e. The zero-order valence-corrected chi connectivity index (χ0v) is 18.6. The number of esters is 1. The Labute approximate surface area is 180 Å². The summed E-state index contributed by atoms with van der Waals surface area (Å²) in [5.41, 5.74) is 7.39. The Morgan fingerprint density at radius 1 is 1.17 bits per heavy atom. The summed E-state index contributed by atoms with van der Waals surface area (Å²) in [6.45, 7) is 10.0. The Morgan fingerprint density at radius 3 is 2.53 bits per heavy atom. The van der Waals surface area contributed by atoms with Crippen LogP contribution >= 0.6 is 11.3 Å². The SMILES string of the molecule is CCOC(=O)c1c(-n2c(C)cc(/C=N/NC(=O)c3ccccc3)c2C)sc(C)c1C. The second kappa shape index (κ2) is 9.09. The first-order valence-corrected chi connectivity index (χ1v) is 10.5. The van der Waals surface area contributed by atoms with Gasteiger partial charge in [0.1, 0.15) is 5.00 Å². The molecule has 0 bridgehead atoms. The molecule has 0 saturated carbocycles. The van der Waals surface area contributed by atoms with E-state index in [1.54, 1.807) is 48.7 Å². The molecular formula is C23H25N3O3S. The fourth-order valence-electron chi connectivity index (χ4n) is 3.26. The molecule has 3 rings (SSSR count). The lowest BCUT2D eigenvalue weighted by molar-refractivity contribution is 0.0526. The Morgan fingerprint density at radius 2 is 1.87 bits per heavy atom. The number of rotatable bonds is 6. The fourth-order valence-corrected chi connectivity index (χ4v) is 4.51. The number of hydrogen-bond acceptors (Lipinski definition) is 5. The number of aryl methyl sites for hydroxylation is 2. The molecule has 0 aliphatic rings. The summed E-state index contributed by atoms with van der Waals surface area (Å²) in [4.78, 5) is 25.8. The van der Waals surface area contributed by atoms with Crippen LogP contribution in [0.15, 0.2) is 41.5 Å². The van der Waals surface area contributed by atoms with Crippen molar-refractivity contribution in [2.45, 2.75) is 34.6 Å². The molecule has 0 saturated heterocycles. The monoisotopic (exact) mass is 423 g/mol. The van der Waals surface area contributed by atoms with Gasteiger partial charge >= 0.3 is 5.97 Å². The smallest absolute Gasteiger partial charge is 0.341 e. The highest BCUT2D eigenvalue weighted by atomic mass is 32.1. The van der Waals surface area contributed by atoms with Crippen molar-refractivity contribution < 1.29 is 14.3 Å². The van der Waals surface area contributed by atoms with Crippen molar-refractivity contribution in [2.24, 2.45) is 5.10 Å². The Balaban J connectivity index is 1.91. The lowest BCUT2D eigenvalue weighted by atomic mass is 10.1. The van der Waals surface area contributed by atoms with Gasteiger partial charge in [-0.05, 0) is 58.4 Å². The number of amides is 1. The van der Waals surface area contributed by atoms with Crippen molar-refractivity contribution in [2.75, 3.05) is 6.61 Å². The van der Waals surface area contributed by atoms with Gasteiger partial charge < -0.3 is 9.30 Å². The van der Waals surface area contributed by atoms with Crippen LogP contribution in [0.3, 0.4) is 0 Å². The molecule has 0 aliphatic heterocycles. The molecule has 0 unspecified atom stereocenters. The molecule has 2 aromatic heterocycles. The van der Waals surface area contributed by atoms with E-state index in [1.807, 2.05) is 44.4 Å². The summed E-state index contributed by atoms with van der Waals surface area (Å²) in [5.74, 6) is -0.582. The van der Waals surface area contributed by atoms with Gasteiger partial charge in [-0.3, -0.25) is 4.79 Å². The zero-order chi connectivity index (χ0) is 21.8. The molecule has 7 heteroatoms. The van der Waals surface area contributed by atoms with Gasteiger partial charge in [0.05, 0.1) is 18.4 Å². The molecule has 0 atom stereocenters. The summed E-state index contributed by atoms with van der Waals surface area (Å²) in [6.07, 6.45) is 1.62. The Kier molecular flexibility index (Phi) is 6.52. The van der Waals surface area contributed by atoms with E-state index in [9.17, 15) is 9.59 Å². The van der Waals surface area contributed by atoms with Gasteiger partial charge in [-0.25, -0.2) is 10.2 Å². The number of hydrogen-bond donors (Lipinski definition) is 1. The van der Waals surface area contributed by atoms with Crippen LogP contribution < -0.4 is 5.43 Å². The number of nitrogens with one attached hydrogen (secondary N) is 1. The van der Waals surface area contributed by atoms with E-state index >= 15 is 0 Å². The Bertz CT molecular complexity index is 1110. The van der Waals surface area contributed by atoms with E-state index in [2.05, 4.69) is 10.5 Å². The van der Waals surface area contributed by atoms with Crippen molar-refractivity contribution in [1.29, 1.82) is 0 Å². The Hall–Kier alpha value is -3.19. The van der Waals surface area contributed by atoms with Gasteiger partial charge in [-0.15, -0.1) is 11.3 Å². The highest BCUT2D eigenvalue weighted by Gasteiger charge is 2.24. The predicted octanol–water partition coefficient (Wildman–Crippen LogP) is 4.71. The molecule has 30 heavy (non-hydrogen) atoms. The average molecular weight is 424 g/mol. The molecule has 0 radical (unpaired) electrons. The number of carbonyl (C=O) groups is 2.